The lowest BCUT2D eigenvalue weighted by Crippen LogP contribution is -2.25. The average molecular weight is 283 g/mol. The van der Waals surface area contributed by atoms with Crippen molar-refractivity contribution in [2.45, 2.75) is 51.6 Å². The van der Waals surface area contributed by atoms with Crippen LogP contribution in [0, 0.1) is 0 Å². The average Bonchev–Trinajstić information content (AvgIpc) is 2.86. The van der Waals surface area contributed by atoms with E-state index in [-0.39, 0.29) is 0 Å². The predicted molar refractivity (Wildman–Crippen MR) is 86.3 cm³/mol. The monoisotopic (exact) mass is 283 g/mol. The molecule has 2 aromatic rings. The zero-order valence-electron chi connectivity index (χ0n) is 13.3. The third-order valence-electron chi connectivity index (χ3n) is 4.39. The third kappa shape index (κ3) is 3.03. The highest BCUT2D eigenvalue weighted by Crippen LogP contribution is 2.30. The van der Waals surface area contributed by atoms with Crippen LogP contribution in [0.1, 0.15) is 61.0 Å². The molecule has 0 saturated heterocycles. The molecular weight excluding hydrogens is 258 g/mol. The zero-order chi connectivity index (χ0) is 14.8. The van der Waals surface area contributed by atoms with Gasteiger partial charge < -0.3 is 5.32 Å². The molecule has 0 spiro atoms. The summed E-state index contributed by atoms with van der Waals surface area (Å²) >= 11 is 0. The van der Waals surface area contributed by atoms with Gasteiger partial charge in [0.15, 0.2) is 0 Å². The van der Waals surface area contributed by atoms with Gasteiger partial charge in [0.05, 0.1) is 5.69 Å². The van der Waals surface area contributed by atoms with Gasteiger partial charge in [0.25, 0.3) is 0 Å². The van der Waals surface area contributed by atoms with E-state index in [0.29, 0.717) is 12.0 Å². The lowest BCUT2D eigenvalue weighted by molar-refractivity contribution is 0.458. The maximum absolute atomic E-state index is 4.59. The highest BCUT2D eigenvalue weighted by molar-refractivity contribution is 5.32. The minimum atomic E-state index is 0.474. The van der Waals surface area contributed by atoms with Crippen LogP contribution < -0.4 is 5.32 Å². The third-order valence-corrected chi connectivity index (χ3v) is 4.39. The Labute approximate surface area is 127 Å². The van der Waals surface area contributed by atoms with Crippen LogP contribution in [0.25, 0.3) is 0 Å². The Hall–Kier alpha value is -1.61. The van der Waals surface area contributed by atoms with E-state index in [1.165, 1.54) is 41.6 Å². The Kier molecular flexibility index (Phi) is 4.11. The SMILES string of the molecule is CC(C)c1nn(C)cc1CNC1CCCc2ccccc21. The number of aromatic nitrogens is 2. The first-order valence-electron chi connectivity index (χ1n) is 7.98. The normalized spacial score (nSPS) is 18.0. The second-order valence-electron chi connectivity index (χ2n) is 6.39. The molecule has 1 aromatic heterocycles. The fourth-order valence-electron chi connectivity index (χ4n) is 3.38. The lowest BCUT2D eigenvalue weighted by Gasteiger charge is -2.26. The van der Waals surface area contributed by atoms with E-state index in [0.717, 1.165) is 6.54 Å². The van der Waals surface area contributed by atoms with Gasteiger partial charge in [0, 0.05) is 31.4 Å². The molecule has 1 heterocycles. The van der Waals surface area contributed by atoms with Gasteiger partial charge in [-0.05, 0) is 36.3 Å². The molecule has 0 saturated carbocycles. The second-order valence-corrected chi connectivity index (χ2v) is 6.39. The molecule has 3 heteroatoms. The highest BCUT2D eigenvalue weighted by atomic mass is 15.3. The van der Waals surface area contributed by atoms with E-state index < -0.39 is 0 Å². The maximum atomic E-state index is 4.59. The Morgan fingerprint density at radius 3 is 2.95 bits per heavy atom. The molecule has 1 aliphatic carbocycles. The molecule has 1 N–H and O–H groups in total. The Bertz CT molecular complexity index is 613. The van der Waals surface area contributed by atoms with Crippen molar-refractivity contribution in [3.05, 3.63) is 52.8 Å². The molecule has 0 aliphatic heterocycles. The Morgan fingerprint density at radius 2 is 2.14 bits per heavy atom. The molecule has 1 aromatic carbocycles. The first kappa shape index (κ1) is 14.3. The van der Waals surface area contributed by atoms with Crippen molar-refractivity contribution in [1.82, 2.24) is 15.1 Å². The first-order valence-corrected chi connectivity index (χ1v) is 7.98. The summed E-state index contributed by atoms with van der Waals surface area (Å²) in [5, 5.41) is 8.34. The van der Waals surface area contributed by atoms with E-state index in [1.54, 1.807) is 0 Å². The summed E-state index contributed by atoms with van der Waals surface area (Å²) in [7, 11) is 2.01. The Balaban J connectivity index is 1.74. The molecule has 0 bridgehead atoms. The van der Waals surface area contributed by atoms with E-state index in [2.05, 4.69) is 54.7 Å². The molecule has 3 rings (SSSR count). The van der Waals surface area contributed by atoms with Gasteiger partial charge in [0.2, 0.25) is 0 Å². The number of benzene rings is 1. The van der Waals surface area contributed by atoms with Gasteiger partial charge in [-0.25, -0.2) is 0 Å². The number of nitrogens with one attached hydrogen (secondary N) is 1. The minimum Gasteiger partial charge on any atom is -0.306 e. The summed E-state index contributed by atoms with van der Waals surface area (Å²) < 4.78 is 1.93. The molecule has 3 nitrogen and oxygen atoms in total. The maximum Gasteiger partial charge on any atom is 0.0694 e. The predicted octanol–water partition coefficient (Wildman–Crippen LogP) is 3.71. The van der Waals surface area contributed by atoms with Gasteiger partial charge >= 0.3 is 0 Å². The van der Waals surface area contributed by atoms with Crippen LogP contribution in [0.2, 0.25) is 0 Å². The van der Waals surface area contributed by atoms with Crippen LogP contribution in [0.4, 0.5) is 0 Å². The molecule has 0 radical (unpaired) electrons. The Morgan fingerprint density at radius 1 is 1.33 bits per heavy atom. The number of fused-ring (bicyclic) bond motifs is 1. The molecule has 1 aliphatic rings. The van der Waals surface area contributed by atoms with Crippen LogP contribution in [0.5, 0.6) is 0 Å². The fraction of sp³-hybridized carbons (Fsp3) is 0.500. The van der Waals surface area contributed by atoms with Crippen molar-refractivity contribution >= 4 is 0 Å². The number of rotatable bonds is 4. The smallest absolute Gasteiger partial charge is 0.0694 e. The van der Waals surface area contributed by atoms with E-state index in [4.69, 9.17) is 0 Å². The summed E-state index contributed by atoms with van der Waals surface area (Å²) in [5.41, 5.74) is 5.54. The van der Waals surface area contributed by atoms with Crippen molar-refractivity contribution in [3.8, 4) is 0 Å². The molecule has 21 heavy (non-hydrogen) atoms. The summed E-state index contributed by atoms with van der Waals surface area (Å²) in [6.45, 7) is 5.32. The van der Waals surface area contributed by atoms with Gasteiger partial charge in [-0.3, -0.25) is 4.68 Å². The summed E-state index contributed by atoms with van der Waals surface area (Å²) in [6, 6.07) is 9.34. The van der Waals surface area contributed by atoms with Crippen molar-refractivity contribution in [3.63, 3.8) is 0 Å². The number of aryl methyl sites for hydroxylation is 2. The van der Waals surface area contributed by atoms with Crippen molar-refractivity contribution in [2.75, 3.05) is 0 Å². The van der Waals surface area contributed by atoms with E-state index >= 15 is 0 Å². The van der Waals surface area contributed by atoms with Crippen LogP contribution in [0.15, 0.2) is 30.5 Å². The van der Waals surface area contributed by atoms with Gasteiger partial charge in [0.1, 0.15) is 0 Å². The molecule has 1 atom stereocenters. The zero-order valence-corrected chi connectivity index (χ0v) is 13.3. The summed E-state index contributed by atoms with van der Waals surface area (Å²) in [6.07, 6.45) is 5.88. The van der Waals surface area contributed by atoms with Crippen LogP contribution in [-0.2, 0) is 20.0 Å². The lowest BCUT2D eigenvalue weighted by atomic mass is 9.87. The molecule has 112 valence electrons. The summed E-state index contributed by atoms with van der Waals surface area (Å²) in [5.74, 6) is 0.474. The second kappa shape index (κ2) is 6.02. The van der Waals surface area contributed by atoms with E-state index in [1.807, 2.05) is 11.7 Å². The van der Waals surface area contributed by atoms with Gasteiger partial charge in [-0.1, -0.05) is 38.1 Å². The van der Waals surface area contributed by atoms with Crippen molar-refractivity contribution in [2.24, 2.45) is 7.05 Å². The standard InChI is InChI=1S/C18H25N3/c1-13(2)18-15(12-21(3)20-18)11-19-17-10-6-8-14-7-4-5-9-16(14)17/h4-5,7,9,12-13,17,19H,6,8,10-11H2,1-3H3. The van der Waals surface area contributed by atoms with Gasteiger partial charge in [-0.2, -0.15) is 5.10 Å². The van der Waals surface area contributed by atoms with Crippen LogP contribution >= 0.6 is 0 Å². The molecule has 0 amide bonds. The largest absolute Gasteiger partial charge is 0.306 e. The summed E-state index contributed by atoms with van der Waals surface area (Å²) in [4.78, 5) is 0. The van der Waals surface area contributed by atoms with Crippen molar-refractivity contribution < 1.29 is 0 Å². The number of hydrogen-bond donors (Lipinski definition) is 1. The fourth-order valence-corrected chi connectivity index (χ4v) is 3.38. The number of hydrogen-bond acceptors (Lipinski definition) is 2. The van der Waals surface area contributed by atoms with Crippen LogP contribution in [0.3, 0.4) is 0 Å². The van der Waals surface area contributed by atoms with E-state index in [9.17, 15) is 0 Å². The molecule has 0 fully saturated rings. The molecule has 1 unspecified atom stereocenters. The molecular formula is C18H25N3. The van der Waals surface area contributed by atoms with Gasteiger partial charge in [-0.15, -0.1) is 0 Å². The van der Waals surface area contributed by atoms with Crippen molar-refractivity contribution in [1.29, 1.82) is 0 Å². The highest BCUT2D eigenvalue weighted by Gasteiger charge is 2.20. The first-order chi connectivity index (χ1) is 10.1. The number of nitrogens with zero attached hydrogens (tertiary/aromatic N) is 2. The minimum absolute atomic E-state index is 0.474. The topological polar surface area (TPSA) is 29.9 Å². The quantitative estimate of drug-likeness (QED) is 0.927. The van der Waals surface area contributed by atoms with Crippen LogP contribution in [-0.4, -0.2) is 9.78 Å².